The summed E-state index contributed by atoms with van der Waals surface area (Å²) in [6.07, 6.45) is -3.24. The van der Waals surface area contributed by atoms with E-state index in [1.807, 2.05) is 30.3 Å². The van der Waals surface area contributed by atoms with Crippen molar-refractivity contribution in [3.05, 3.63) is 35.9 Å². The summed E-state index contributed by atoms with van der Waals surface area (Å²) in [6.45, 7) is 1.74. The molecule has 0 aromatic heterocycles. The van der Waals surface area contributed by atoms with Gasteiger partial charge in [-0.15, -0.1) is 0 Å². The van der Waals surface area contributed by atoms with Crippen LogP contribution in [0.15, 0.2) is 30.3 Å². The van der Waals surface area contributed by atoms with Crippen LogP contribution in [-0.2, 0) is 4.79 Å². The number of carbonyl (C=O) groups excluding carboxylic acids is 1. The Morgan fingerprint density at radius 3 is 2.26 bits per heavy atom. The third kappa shape index (κ3) is 4.70. The van der Waals surface area contributed by atoms with E-state index in [-0.39, 0.29) is 24.8 Å². The highest BCUT2D eigenvalue weighted by molar-refractivity contribution is 5.79. The number of rotatable bonds is 4. The van der Waals surface area contributed by atoms with Crippen LogP contribution in [0.2, 0.25) is 0 Å². The van der Waals surface area contributed by atoms with Crippen LogP contribution in [0.25, 0.3) is 0 Å². The third-order valence-corrected chi connectivity index (χ3v) is 4.67. The minimum Gasteiger partial charge on any atom is -0.353 e. The molecule has 0 bridgehead atoms. The number of hydrogen-bond donors (Lipinski definition) is 2. The molecule has 0 saturated heterocycles. The molecule has 6 heteroatoms. The van der Waals surface area contributed by atoms with Gasteiger partial charge in [-0.25, -0.2) is 0 Å². The fourth-order valence-electron chi connectivity index (χ4n) is 3.02. The normalized spacial score (nSPS) is 24.7. The molecule has 2 atom stereocenters. The second kappa shape index (κ2) is 7.34. The number of nitrogens with two attached hydrogens (primary N) is 1. The zero-order chi connectivity index (χ0) is 17.0. The van der Waals surface area contributed by atoms with Crippen molar-refractivity contribution in [2.45, 2.75) is 50.9 Å². The van der Waals surface area contributed by atoms with Crippen LogP contribution in [-0.4, -0.2) is 18.1 Å². The van der Waals surface area contributed by atoms with Crippen LogP contribution < -0.4 is 11.1 Å². The van der Waals surface area contributed by atoms with E-state index in [1.54, 1.807) is 6.92 Å². The second-order valence-electron chi connectivity index (χ2n) is 6.32. The number of carbonyl (C=O) groups is 1. The van der Waals surface area contributed by atoms with E-state index in [9.17, 15) is 18.0 Å². The Bertz CT molecular complexity index is 510. The predicted octanol–water partition coefficient (Wildman–Crippen LogP) is 3.56. The van der Waals surface area contributed by atoms with Crippen molar-refractivity contribution >= 4 is 5.91 Å². The van der Waals surface area contributed by atoms with Crippen LogP contribution in [0.5, 0.6) is 0 Å². The summed E-state index contributed by atoms with van der Waals surface area (Å²) in [5.74, 6) is -1.87. The fraction of sp³-hybridized carbons (Fsp3) is 0.588. The van der Waals surface area contributed by atoms with E-state index >= 15 is 0 Å². The number of benzene rings is 1. The van der Waals surface area contributed by atoms with Gasteiger partial charge in [0.05, 0.1) is 11.8 Å². The highest BCUT2D eigenvalue weighted by atomic mass is 19.4. The molecule has 1 aliphatic carbocycles. The van der Waals surface area contributed by atoms with Crippen LogP contribution in [0.4, 0.5) is 13.2 Å². The zero-order valence-corrected chi connectivity index (χ0v) is 13.1. The van der Waals surface area contributed by atoms with Crippen molar-refractivity contribution < 1.29 is 18.0 Å². The van der Waals surface area contributed by atoms with Gasteiger partial charge in [-0.05, 0) is 31.2 Å². The molecule has 2 rings (SSSR count). The van der Waals surface area contributed by atoms with Gasteiger partial charge in [0.25, 0.3) is 0 Å². The molecule has 3 N–H and O–H groups in total. The lowest BCUT2D eigenvalue weighted by atomic mass is 9.85. The molecule has 23 heavy (non-hydrogen) atoms. The molecule has 1 aromatic rings. The summed E-state index contributed by atoms with van der Waals surface area (Å²) in [5, 5.41) is 2.86. The molecule has 1 saturated carbocycles. The van der Waals surface area contributed by atoms with Gasteiger partial charge in [-0.1, -0.05) is 37.3 Å². The maximum atomic E-state index is 12.6. The van der Waals surface area contributed by atoms with Crippen LogP contribution in [0.3, 0.4) is 0 Å². The minimum absolute atomic E-state index is 0.0770. The number of amides is 1. The molecule has 0 radical (unpaired) electrons. The Kier molecular flexibility index (Phi) is 5.68. The molecule has 0 heterocycles. The van der Waals surface area contributed by atoms with Crippen molar-refractivity contribution in [3.63, 3.8) is 0 Å². The lowest BCUT2D eigenvalue weighted by molar-refractivity contribution is -0.182. The Balaban J connectivity index is 1.85. The van der Waals surface area contributed by atoms with Crippen LogP contribution in [0.1, 0.15) is 44.2 Å². The fourth-order valence-corrected chi connectivity index (χ4v) is 3.02. The second-order valence-corrected chi connectivity index (χ2v) is 6.32. The lowest BCUT2D eigenvalue weighted by Gasteiger charge is -2.31. The first-order valence-corrected chi connectivity index (χ1v) is 7.96. The Hall–Kier alpha value is -1.56. The molecule has 0 spiro atoms. The summed E-state index contributed by atoms with van der Waals surface area (Å²) >= 11 is 0. The molecule has 1 aromatic carbocycles. The van der Waals surface area contributed by atoms with Gasteiger partial charge in [0.2, 0.25) is 5.91 Å². The van der Waals surface area contributed by atoms with Gasteiger partial charge in [0, 0.05) is 12.1 Å². The topological polar surface area (TPSA) is 55.1 Å². The van der Waals surface area contributed by atoms with Crippen LogP contribution >= 0.6 is 0 Å². The molecule has 1 aliphatic rings. The van der Waals surface area contributed by atoms with E-state index < -0.39 is 24.1 Å². The summed E-state index contributed by atoms with van der Waals surface area (Å²) in [6, 6.07) is 8.71. The number of hydrogen-bond acceptors (Lipinski definition) is 2. The standard InChI is InChI=1S/C17H23F3N2O/c1-11(15(21)12-5-3-2-4-6-12)16(23)22-14-9-7-13(8-10-14)17(18,19)20/h2-6,11,13-15H,7-10,21H2,1H3,(H,22,23). The van der Waals surface area contributed by atoms with E-state index in [2.05, 4.69) is 5.32 Å². The Morgan fingerprint density at radius 2 is 1.74 bits per heavy atom. The smallest absolute Gasteiger partial charge is 0.353 e. The van der Waals surface area contributed by atoms with Crippen molar-refractivity contribution in [3.8, 4) is 0 Å². The Morgan fingerprint density at radius 1 is 1.17 bits per heavy atom. The van der Waals surface area contributed by atoms with Gasteiger partial charge >= 0.3 is 6.18 Å². The average molecular weight is 328 g/mol. The van der Waals surface area contributed by atoms with Crippen molar-refractivity contribution in [2.24, 2.45) is 17.6 Å². The van der Waals surface area contributed by atoms with E-state index in [1.165, 1.54) is 0 Å². The SMILES string of the molecule is CC(C(=O)NC1CCC(C(F)(F)F)CC1)C(N)c1ccccc1. The molecule has 2 unspecified atom stereocenters. The number of halogens is 3. The average Bonchev–Trinajstić information content (AvgIpc) is 2.54. The van der Waals surface area contributed by atoms with Gasteiger partial charge in [-0.3, -0.25) is 4.79 Å². The van der Waals surface area contributed by atoms with Gasteiger partial charge in [-0.2, -0.15) is 13.2 Å². The molecule has 128 valence electrons. The summed E-state index contributed by atoms with van der Waals surface area (Å²) in [5.41, 5.74) is 6.99. The monoisotopic (exact) mass is 328 g/mol. The molecular weight excluding hydrogens is 305 g/mol. The first kappa shape index (κ1) is 17.8. The largest absolute Gasteiger partial charge is 0.391 e. The molecular formula is C17H23F3N2O. The minimum atomic E-state index is -4.13. The van der Waals surface area contributed by atoms with Crippen LogP contribution in [0, 0.1) is 11.8 Å². The lowest BCUT2D eigenvalue weighted by Crippen LogP contribution is -2.44. The maximum Gasteiger partial charge on any atom is 0.391 e. The first-order valence-electron chi connectivity index (χ1n) is 7.96. The predicted molar refractivity (Wildman–Crippen MR) is 82.5 cm³/mol. The molecule has 0 aliphatic heterocycles. The van der Waals surface area contributed by atoms with Gasteiger partial charge < -0.3 is 11.1 Å². The quantitative estimate of drug-likeness (QED) is 0.888. The van der Waals surface area contributed by atoms with Crippen molar-refractivity contribution in [1.82, 2.24) is 5.32 Å². The third-order valence-electron chi connectivity index (χ3n) is 4.67. The summed E-state index contributed by atoms with van der Waals surface area (Å²) in [4.78, 5) is 12.3. The highest BCUT2D eigenvalue weighted by Gasteiger charge is 2.41. The van der Waals surface area contributed by atoms with E-state index in [0.29, 0.717) is 12.8 Å². The summed E-state index contributed by atoms with van der Waals surface area (Å²) < 4.78 is 37.9. The van der Waals surface area contributed by atoms with Gasteiger partial charge in [0.15, 0.2) is 0 Å². The highest BCUT2D eigenvalue weighted by Crippen LogP contribution is 2.37. The number of nitrogens with one attached hydrogen (secondary N) is 1. The molecule has 3 nitrogen and oxygen atoms in total. The van der Waals surface area contributed by atoms with Crippen molar-refractivity contribution in [2.75, 3.05) is 0 Å². The molecule has 1 amide bonds. The number of alkyl halides is 3. The van der Waals surface area contributed by atoms with Gasteiger partial charge in [0.1, 0.15) is 0 Å². The van der Waals surface area contributed by atoms with E-state index in [0.717, 1.165) is 5.56 Å². The van der Waals surface area contributed by atoms with E-state index in [4.69, 9.17) is 5.73 Å². The Labute approximate surface area is 134 Å². The molecule has 1 fully saturated rings. The first-order chi connectivity index (χ1) is 10.8. The van der Waals surface area contributed by atoms with Crippen molar-refractivity contribution in [1.29, 1.82) is 0 Å². The maximum absolute atomic E-state index is 12.6. The summed E-state index contributed by atoms with van der Waals surface area (Å²) in [7, 11) is 0. The zero-order valence-electron chi connectivity index (χ0n) is 13.1.